The topological polar surface area (TPSA) is 22.0 Å². The third-order valence-electron chi connectivity index (χ3n) is 4.70. The van der Waals surface area contributed by atoms with Crippen LogP contribution >= 0.6 is 0 Å². The summed E-state index contributed by atoms with van der Waals surface area (Å²) in [4.78, 5) is 12.2. The van der Waals surface area contributed by atoms with Crippen LogP contribution in [-0.2, 0) is 13.5 Å². The normalized spacial score (nSPS) is 11.6. The van der Waals surface area contributed by atoms with Gasteiger partial charge in [0.05, 0.1) is 5.52 Å². The smallest absolute Gasteiger partial charge is 0.189 e. The molecule has 0 unspecified atom stereocenters. The monoisotopic (exact) mass is 325 g/mol. The van der Waals surface area contributed by atoms with Crippen LogP contribution in [0, 0.1) is 0 Å². The zero-order valence-corrected chi connectivity index (χ0v) is 15.3. The first-order valence-corrected chi connectivity index (χ1v) is 9.46. The third-order valence-corrected chi connectivity index (χ3v) is 4.70. The number of fused-ring (bicyclic) bond motifs is 1. The Labute approximate surface area is 146 Å². The van der Waals surface area contributed by atoms with Gasteiger partial charge in [-0.1, -0.05) is 56.9 Å². The molecule has 2 aromatic rings. The lowest BCUT2D eigenvalue weighted by Crippen LogP contribution is -2.11. The van der Waals surface area contributed by atoms with Crippen LogP contribution in [-0.4, -0.2) is 4.57 Å². The van der Waals surface area contributed by atoms with E-state index in [1.807, 2.05) is 30.3 Å². The molecule has 0 spiro atoms. The first kappa shape index (κ1) is 18.5. The van der Waals surface area contributed by atoms with Gasteiger partial charge in [0.2, 0.25) is 0 Å². The Morgan fingerprint density at radius 2 is 1.67 bits per heavy atom. The second-order valence-electron chi connectivity index (χ2n) is 6.64. The molecule has 0 radical (unpaired) electrons. The molecule has 0 fully saturated rings. The highest BCUT2D eigenvalue weighted by molar-refractivity contribution is 5.79. The standard InChI is InChI=1S/C22H31NO/c1-3-4-5-6-7-8-9-10-11-12-15-19-18-22(24)20-16-13-14-17-21(20)23(19)2/h6-7,13-14,16-18H,3-5,8-12,15H2,1-2H3/b7-6-. The highest BCUT2D eigenvalue weighted by Crippen LogP contribution is 2.14. The van der Waals surface area contributed by atoms with E-state index >= 15 is 0 Å². The molecule has 0 atom stereocenters. The van der Waals surface area contributed by atoms with Crippen molar-refractivity contribution in [2.24, 2.45) is 7.05 Å². The Morgan fingerprint density at radius 3 is 2.46 bits per heavy atom. The van der Waals surface area contributed by atoms with E-state index < -0.39 is 0 Å². The van der Waals surface area contributed by atoms with Gasteiger partial charge in [-0.2, -0.15) is 0 Å². The Balaban J connectivity index is 1.75. The minimum Gasteiger partial charge on any atom is -0.347 e. The molecule has 2 nitrogen and oxygen atoms in total. The molecule has 0 aliphatic rings. The highest BCUT2D eigenvalue weighted by Gasteiger charge is 2.05. The zero-order valence-electron chi connectivity index (χ0n) is 15.3. The maximum atomic E-state index is 12.2. The summed E-state index contributed by atoms with van der Waals surface area (Å²) in [5, 5.41) is 0.818. The number of nitrogens with zero attached hydrogens (tertiary/aromatic N) is 1. The molecule has 1 aromatic heterocycles. The lowest BCUT2D eigenvalue weighted by Gasteiger charge is -2.12. The molecular formula is C22H31NO. The van der Waals surface area contributed by atoms with E-state index in [1.165, 1.54) is 44.9 Å². The van der Waals surface area contributed by atoms with E-state index in [2.05, 4.69) is 30.7 Å². The van der Waals surface area contributed by atoms with Crippen LogP contribution in [0.5, 0.6) is 0 Å². The number of pyridine rings is 1. The first-order chi connectivity index (χ1) is 11.7. The number of hydrogen-bond acceptors (Lipinski definition) is 1. The van der Waals surface area contributed by atoms with Crippen molar-refractivity contribution in [1.29, 1.82) is 0 Å². The molecule has 24 heavy (non-hydrogen) atoms. The molecule has 1 heterocycles. The van der Waals surface area contributed by atoms with Gasteiger partial charge in [-0.25, -0.2) is 0 Å². The maximum Gasteiger partial charge on any atom is 0.189 e. The van der Waals surface area contributed by atoms with E-state index in [4.69, 9.17) is 0 Å². The van der Waals surface area contributed by atoms with Gasteiger partial charge in [-0.05, 0) is 44.2 Å². The molecule has 130 valence electrons. The summed E-state index contributed by atoms with van der Waals surface area (Å²) < 4.78 is 2.17. The molecule has 0 saturated heterocycles. The SMILES string of the molecule is CCCC/C=C\CCCCCCc1cc(=O)c2ccccc2n1C. The van der Waals surface area contributed by atoms with E-state index in [-0.39, 0.29) is 5.43 Å². The molecule has 1 aromatic carbocycles. The van der Waals surface area contributed by atoms with Gasteiger partial charge >= 0.3 is 0 Å². The Kier molecular flexibility index (Phi) is 7.81. The minimum atomic E-state index is 0.149. The van der Waals surface area contributed by atoms with Gasteiger partial charge in [0, 0.05) is 24.2 Å². The zero-order chi connectivity index (χ0) is 17.2. The number of rotatable bonds is 10. The van der Waals surface area contributed by atoms with E-state index in [0.29, 0.717) is 0 Å². The van der Waals surface area contributed by atoms with E-state index in [9.17, 15) is 4.79 Å². The second-order valence-corrected chi connectivity index (χ2v) is 6.64. The number of aryl methyl sites for hydroxylation is 2. The lowest BCUT2D eigenvalue weighted by atomic mass is 10.1. The number of allylic oxidation sites excluding steroid dienone is 2. The average Bonchev–Trinajstić information content (AvgIpc) is 2.60. The fraction of sp³-hybridized carbons (Fsp3) is 0.500. The predicted octanol–water partition coefficient (Wildman–Crippen LogP) is 5.78. The molecule has 0 aliphatic carbocycles. The Morgan fingerprint density at radius 1 is 0.958 bits per heavy atom. The number of aromatic nitrogens is 1. The molecule has 0 N–H and O–H groups in total. The van der Waals surface area contributed by atoms with Gasteiger partial charge in [-0.3, -0.25) is 4.79 Å². The van der Waals surface area contributed by atoms with Crippen LogP contribution in [0.25, 0.3) is 10.9 Å². The minimum absolute atomic E-state index is 0.149. The summed E-state index contributed by atoms with van der Waals surface area (Å²) >= 11 is 0. The van der Waals surface area contributed by atoms with Crippen molar-refractivity contribution in [2.75, 3.05) is 0 Å². The molecule has 2 heteroatoms. The number of para-hydroxylation sites is 1. The predicted molar refractivity (Wildman–Crippen MR) is 105 cm³/mol. The lowest BCUT2D eigenvalue weighted by molar-refractivity contribution is 0.631. The van der Waals surface area contributed by atoms with E-state index in [0.717, 1.165) is 29.4 Å². The number of hydrogen-bond donors (Lipinski definition) is 0. The van der Waals surface area contributed by atoms with Crippen molar-refractivity contribution in [3.05, 3.63) is 58.4 Å². The van der Waals surface area contributed by atoms with Crippen LogP contribution in [0.1, 0.15) is 64.0 Å². The summed E-state index contributed by atoms with van der Waals surface area (Å²) in [6, 6.07) is 9.69. The summed E-state index contributed by atoms with van der Waals surface area (Å²) in [7, 11) is 2.07. The van der Waals surface area contributed by atoms with Crippen molar-refractivity contribution in [1.82, 2.24) is 4.57 Å². The summed E-state index contributed by atoms with van der Waals surface area (Å²) in [5.74, 6) is 0. The van der Waals surface area contributed by atoms with E-state index in [1.54, 1.807) is 0 Å². The number of unbranched alkanes of at least 4 members (excludes halogenated alkanes) is 6. The number of benzene rings is 1. The quantitative estimate of drug-likeness (QED) is 0.401. The van der Waals surface area contributed by atoms with Gasteiger partial charge in [0.15, 0.2) is 5.43 Å². The molecular weight excluding hydrogens is 294 g/mol. The van der Waals surface area contributed by atoms with Crippen LogP contribution < -0.4 is 5.43 Å². The van der Waals surface area contributed by atoms with Gasteiger partial charge in [0.25, 0.3) is 0 Å². The van der Waals surface area contributed by atoms with Crippen LogP contribution in [0.15, 0.2) is 47.3 Å². The van der Waals surface area contributed by atoms with Gasteiger partial charge in [-0.15, -0.1) is 0 Å². The van der Waals surface area contributed by atoms with Crippen LogP contribution in [0.2, 0.25) is 0 Å². The van der Waals surface area contributed by atoms with Crippen LogP contribution in [0.3, 0.4) is 0 Å². The fourth-order valence-corrected chi connectivity index (χ4v) is 3.17. The molecule has 2 rings (SSSR count). The summed E-state index contributed by atoms with van der Waals surface area (Å²) in [5.41, 5.74) is 2.34. The second kappa shape index (κ2) is 10.1. The van der Waals surface area contributed by atoms with Crippen molar-refractivity contribution < 1.29 is 0 Å². The van der Waals surface area contributed by atoms with Crippen LogP contribution in [0.4, 0.5) is 0 Å². The van der Waals surface area contributed by atoms with Crippen molar-refractivity contribution in [3.8, 4) is 0 Å². The third kappa shape index (κ3) is 5.36. The largest absolute Gasteiger partial charge is 0.347 e. The molecule has 0 aliphatic heterocycles. The highest BCUT2D eigenvalue weighted by atomic mass is 16.1. The average molecular weight is 325 g/mol. The molecule has 0 bridgehead atoms. The van der Waals surface area contributed by atoms with Crippen molar-refractivity contribution in [2.45, 2.75) is 64.7 Å². The van der Waals surface area contributed by atoms with Gasteiger partial charge in [0.1, 0.15) is 0 Å². The van der Waals surface area contributed by atoms with Crippen molar-refractivity contribution in [3.63, 3.8) is 0 Å². The Hall–Kier alpha value is -1.83. The molecule has 0 amide bonds. The summed E-state index contributed by atoms with van der Waals surface area (Å²) in [6.07, 6.45) is 15.6. The van der Waals surface area contributed by atoms with Gasteiger partial charge < -0.3 is 4.57 Å². The maximum absolute atomic E-state index is 12.2. The van der Waals surface area contributed by atoms with Crippen molar-refractivity contribution >= 4 is 10.9 Å². The first-order valence-electron chi connectivity index (χ1n) is 9.46. The summed E-state index contributed by atoms with van der Waals surface area (Å²) in [6.45, 7) is 2.24. The fourth-order valence-electron chi connectivity index (χ4n) is 3.17. The molecule has 0 saturated carbocycles. The Bertz CT molecular complexity index is 711.